The number of carbonyl (C=O) groups is 1. The van der Waals surface area contributed by atoms with E-state index in [1.165, 1.54) is 0 Å². The Balaban J connectivity index is 1.85. The minimum absolute atomic E-state index is 0.0407. The van der Waals surface area contributed by atoms with E-state index in [0.29, 0.717) is 23.5 Å². The fourth-order valence-corrected chi connectivity index (χ4v) is 3.16. The third-order valence-corrected chi connectivity index (χ3v) is 4.79. The summed E-state index contributed by atoms with van der Waals surface area (Å²) in [4.78, 5) is 12.0. The van der Waals surface area contributed by atoms with Crippen molar-refractivity contribution in [2.75, 3.05) is 19.1 Å². The average Bonchev–Trinajstić information content (AvgIpc) is 2.93. The second-order valence-corrected chi connectivity index (χ2v) is 6.94. The van der Waals surface area contributed by atoms with Crippen molar-refractivity contribution >= 4 is 15.9 Å². The molecule has 0 spiro atoms. The molecule has 1 aliphatic rings. The van der Waals surface area contributed by atoms with E-state index < -0.39 is 10.0 Å². The SMILES string of the molecule is CCC(C)NS(=O)(=O)CCNC(=O)c1ccc2c(c1)OCO2. The quantitative estimate of drug-likeness (QED) is 0.774. The summed E-state index contributed by atoms with van der Waals surface area (Å²) in [7, 11) is -3.39. The van der Waals surface area contributed by atoms with Crippen LogP contribution in [0.4, 0.5) is 0 Å². The molecule has 1 amide bonds. The molecule has 1 unspecified atom stereocenters. The largest absolute Gasteiger partial charge is 0.454 e. The van der Waals surface area contributed by atoms with Gasteiger partial charge in [-0.3, -0.25) is 4.79 Å². The van der Waals surface area contributed by atoms with Crippen LogP contribution in [-0.4, -0.2) is 39.5 Å². The highest BCUT2D eigenvalue weighted by atomic mass is 32.2. The lowest BCUT2D eigenvalue weighted by Crippen LogP contribution is -2.38. The second kappa shape index (κ2) is 6.97. The van der Waals surface area contributed by atoms with E-state index in [2.05, 4.69) is 10.0 Å². The van der Waals surface area contributed by atoms with E-state index in [1.54, 1.807) is 25.1 Å². The van der Waals surface area contributed by atoms with Crippen LogP contribution in [0.1, 0.15) is 30.6 Å². The molecular weight excluding hydrogens is 308 g/mol. The maximum Gasteiger partial charge on any atom is 0.251 e. The van der Waals surface area contributed by atoms with E-state index in [1.807, 2.05) is 6.92 Å². The molecule has 2 N–H and O–H groups in total. The normalized spacial score (nSPS) is 14.6. The second-order valence-electron chi connectivity index (χ2n) is 5.07. The molecule has 122 valence electrons. The maximum absolute atomic E-state index is 12.0. The van der Waals surface area contributed by atoms with Crippen molar-refractivity contribution in [2.45, 2.75) is 26.3 Å². The predicted octanol–water partition coefficient (Wildman–Crippen LogP) is 0.863. The van der Waals surface area contributed by atoms with Crippen LogP contribution in [0, 0.1) is 0 Å². The highest BCUT2D eigenvalue weighted by molar-refractivity contribution is 7.89. The topological polar surface area (TPSA) is 93.7 Å². The fourth-order valence-electron chi connectivity index (χ4n) is 1.89. The van der Waals surface area contributed by atoms with E-state index in [0.717, 1.165) is 0 Å². The molecule has 7 nitrogen and oxygen atoms in total. The molecule has 0 aromatic heterocycles. The van der Waals surface area contributed by atoms with Gasteiger partial charge in [0.15, 0.2) is 11.5 Å². The Labute approximate surface area is 130 Å². The van der Waals surface area contributed by atoms with Gasteiger partial charge in [-0.05, 0) is 31.5 Å². The Hall–Kier alpha value is -1.80. The summed E-state index contributed by atoms with van der Waals surface area (Å²) in [5.74, 6) is 0.598. The lowest BCUT2D eigenvalue weighted by molar-refractivity contribution is 0.0955. The summed E-state index contributed by atoms with van der Waals surface area (Å²) in [6.07, 6.45) is 0.711. The molecule has 1 aliphatic heterocycles. The number of fused-ring (bicyclic) bond motifs is 1. The fraction of sp³-hybridized carbons (Fsp3) is 0.500. The van der Waals surface area contributed by atoms with Gasteiger partial charge in [0.25, 0.3) is 5.91 Å². The first-order chi connectivity index (χ1) is 10.4. The van der Waals surface area contributed by atoms with Gasteiger partial charge in [0, 0.05) is 18.2 Å². The molecular formula is C14H20N2O5S. The van der Waals surface area contributed by atoms with Crippen LogP contribution in [0.2, 0.25) is 0 Å². The molecule has 8 heteroatoms. The van der Waals surface area contributed by atoms with Crippen LogP contribution < -0.4 is 19.5 Å². The lowest BCUT2D eigenvalue weighted by Gasteiger charge is -2.12. The van der Waals surface area contributed by atoms with E-state index in [4.69, 9.17) is 9.47 Å². The van der Waals surface area contributed by atoms with Crippen LogP contribution in [0.25, 0.3) is 0 Å². The zero-order chi connectivity index (χ0) is 16.2. The summed E-state index contributed by atoms with van der Waals surface area (Å²) < 4.78 is 36.4. The van der Waals surface area contributed by atoms with Crippen molar-refractivity contribution in [2.24, 2.45) is 0 Å². The highest BCUT2D eigenvalue weighted by Gasteiger charge is 2.17. The van der Waals surface area contributed by atoms with Crippen LogP contribution in [0.5, 0.6) is 11.5 Å². The first-order valence-corrected chi connectivity index (χ1v) is 8.74. The predicted molar refractivity (Wildman–Crippen MR) is 81.6 cm³/mol. The number of rotatable bonds is 7. The number of amides is 1. The molecule has 1 heterocycles. The molecule has 0 aliphatic carbocycles. The molecule has 22 heavy (non-hydrogen) atoms. The lowest BCUT2D eigenvalue weighted by atomic mass is 10.2. The molecule has 1 atom stereocenters. The molecule has 0 saturated carbocycles. The summed E-state index contributed by atoms with van der Waals surface area (Å²) in [6, 6.07) is 4.71. The molecule has 0 bridgehead atoms. The number of hydrogen-bond donors (Lipinski definition) is 2. The van der Waals surface area contributed by atoms with Crippen molar-refractivity contribution < 1.29 is 22.7 Å². The first-order valence-electron chi connectivity index (χ1n) is 7.09. The van der Waals surface area contributed by atoms with Gasteiger partial charge < -0.3 is 14.8 Å². The number of ether oxygens (including phenoxy) is 2. The van der Waals surface area contributed by atoms with Gasteiger partial charge in [0.2, 0.25) is 16.8 Å². The van der Waals surface area contributed by atoms with Crippen molar-refractivity contribution in [1.29, 1.82) is 0 Å². The molecule has 0 radical (unpaired) electrons. The van der Waals surface area contributed by atoms with Crippen molar-refractivity contribution in [1.82, 2.24) is 10.0 Å². The molecule has 1 aromatic carbocycles. The van der Waals surface area contributed by atoms with E-state index >= 15 is 0 Å². The minimum atomic E-state index is -3.39. The third-order valence-electron chi connectivity index (χ3n) is 3.28. The van der Waals surface area contributed by atoms with Gasteiger partial charge in [0.05, 0.1) is 5.75 Å². The number of hydrogen-bond acceptors (Lipinski definition) is 5. The number of benzene rings is 1. The summed E-state index contributed by atoms with van der Waals surface area (Å²) in [6.45, 7) is 3.87. The van der Waals surface area contributed by atoms with Crippen LogP contribution in [-0.2, 0) is 10.0 Å². The van der Waals surface area contributed by atoms with Gasteiger partial charge in [-0.15, -0.1) is 0 Å². The molecule has 0 saturated heterocycles. The van der Waals surface area contributed by atoms with Gasteiger partial charge in [0.1, 0.15) is 0 Å². The Morgan fingerprint density at radius 1 is 1.32 bits per heavy atom. The molecule has 2 rings (SSSR count). The molecule has 0 fully saturated rings. The number of nitrogens with one attached hydrogen (secondary N) is 2. The van der Waals surface area contributed by atoms with E-state index in [-0.39, 0.29) is 31.0 Å². The first kappa shape index (κ1) is 16.6. The third kappa shape index (κ3) is 4.35. The van der Waals surface area contributed by atoms with Gasteiger partial charge in [-0.25, -0.2) is 13.1 Å². The Morgan fingerprint density at radius 3 is 2.77 bits per heavy atom. The maximum atomic E-state index is 12.0. The summed E-state index contributed by atoms with van der Waals surface area (Å²) in [5.41, 5.74) is 0.400. The van der Waals surface area contributed by atoms with Crippen LogP contribution >= 0.6 is 0 Å². The Bertz CT molecular complexity index is 645. The minimum Gasteiger partial charge on any atom is -0.454 e. The van der Waals surface area contributed by atoms with Crippen molar-refractivity contribution in [3.63, 3.8) is 0 Å². The van der Waals surface area contributed by atoms with Gasteiger partial charge >= 0.3 is 0 Å². The summed E-state index contributed by atoms with van der Waals surface area (Å²) in [5, 5.41) is 2.58. The molecule has 1 aromatic rings. The zero-order valence-electron chi connectivity index (χ0n) is 12.6. The monoisotopic (exact) mass is 328 g/mol. The van der Waals surface area contributed by atoms with Crippen molar-refractivity contribution in [3.8, 4) is 11.5 Å². The van der Waals surface area contributed by atoms with Gasteiger partial charge in [-0.1, -0.05) is 6.92 Å². The van der Waals surface area contributed by atoms with Gasteiger partial charge in [-0.2, -0.15) is 0 Å². The highest BCUT2D eigenvalue weighted by Crippen LogP contribution is 2.32. The summed E-state index contributed by atoms with van der Waals surface area (Å²) >= 11 is 0. The standard InChI is InChI=1S/C14H20N2O5S/c1-3-10(2)16-22(18,19)7-6-15-14(17)11-4-5-12-13(8-11)21-9-20-12/h4-5,8,10,16H,3,6-7,9H2,1-2H3,(H,15,17). The zero-order valence-corrected chi connectivity index (χ0v) is 13.4. The van der Waals surface area contributed by atoms with Crippen molar-refractivity contribution in [3.05, 3.63) is 23.8 Å². The van der Waals surface area contributed by atoms with Crippen LogP contribution in [0.3, 0.4) is 0 Å². The van der Waals surface area contributed by atoms with Crippen LogP contribution in [0.15, 0.2) is 18.2 Å². The average molecular weight is 328 g/mol. The smallest absolute Gasteiger partial charge is 0.251 e. The number of carbonyl (C=O) groups excluding carboxylic acids is 1. The Morgan fingerprint density at radius 2 is 2.05 bits per heavy atom. The Kier molecular flexibility index (Phi) is 5.25. The van der Waals surface area contributed by atoms with E-state index in [9.17, 15) is 13.2 Å². The number of sulfonamides is 1.